The summed E-state index contributed by atoms with van der Waals surface area (Å²) in [4.78, 5) is 5.18. The second kappa shape index (κ2) is 4.66. The second-order valence-corrected chi connectivity index (χ2v) is 7.68. The predicted octanol–water partition coefficient (Wildman–Crippen LogP) is 2.57. The highest BCUT2D eigenvalue weighted by atomic mass is 127. The molecule has 1 aliphatic heterocycles. The molecule has 0 amide bonds. The predicted molar refractivity (Wildman–Crippen MR) is 71.0 cm³/mol. The monoisotopic (exact) mass is 310 g/mol. The van der Waals surface area contributed by atoms with Crippen LogP contribution in [-0.4, -0.2) is 45.1 Å². The topological polar surface area (TPSA) is 6.48 Å². The van der Waals surface area contributed by atoms with Crippen molar-refractivity contribution in [3.63, 3.8) is 0 Å². The zero-order chi connectivity index (χ0) is 10.9. The van der Waals surface area contributed by atoms with Gasteiger partial charge < -0.3 is 0 Å². The SMILES string of the molecule is CC(C)N1CCN(C(C)(C)I)[C@@H](C)C1. The van der Waals surface area contributed by atoms with Gasteiger partial charge in [0.2, 0.25) is 0 Å². The van der Waals surface area contributed by atoms with Gasteiger partial charge in [-0.15, -0.1) is 0 Å². The van der Waals surface area contributed by atoms with Crippen molar-refractivity contribution in [2.45, 2.75) is 50.2 Å². The summed E-state index contributed by atoms with van der Waals surface area (Å²) in [6.45, 7) is 15.2. The summed E-state index contributed by atoms with van der Waals surface area (Å²) in [5.41, 5.74) is 0. The molecule has 0 aromatic heterocycles. The molecule has 0 N–H and O–H groups in total. The molecule has 0 aromatic carbocycles. The quantitative estimate of drug-likeness (QED) is 0.439. The summed E-state index contributed by atoms with van der Waals surface area (Å²) in [5.74, 6) is 0. The second-order valence-electron chi connectivity index (χ2n) is 5.04. The average Bonchev–Trinajstić information content (AvgIpc) is 2.01. The summed E-state index contributed by atoms with van der Waals surface area (Å²) in [5, 5.41) is 0. The highest BCUT2D eigenvalue weighted by molar-refractivity contribution is 14.1. The first-order valence-corrected chi connectivity index (χ1v) is 6.60. The maximum absolute atomic E-state index is 2.60. The molecule has 0 spiro atoms. The highest BCUT2D eigenvalue weighted by Crippen LogP contribution is 2.27. The van der Waals surface area contributed by atoms with E-state index in [-0.39, 0.29) is 0 Å². The van der Waals surface area contributed by atoms with Crippen LogP contribution in [0.1, 0.15) is 34.6 Å². The fourth-order valence-corrected chi connectivity index (χ4v) is 2.96. The molecule has 0 radical (unpaired) electrons. The van der Waals surface area contributed by atoms with Crippen LogP contribution in [0.5, 0.6) is 0 Å². The van der Waals surface area contributed by atoms with Crippen molar-refractivity contribution in [1.29, 1.82) is 0 Å². The number of halogens is 1. The number of alkyl halides is 1. The Morgan fingerprint density at radius 2 is 1.86 bits per heavy atom. The summed E-state index contributed by atoms with van der Waals surface area (Å²) >= 11 is 2.54. The lowest BCUT2D eigenvalue weighted by Crippen LogP contribution is -2.58. The number of hydrogen-bond donors (Lipinski definition) is 0. The standard InChI is InChI=1S/C11H23IN2/c1-9(2)13-6-7-14(10(3)8-13)11(4,5)12/h9-10H,6-8H2,1-5H3/t10-/m0/s1. The Morgan fingerprint density at radius 1 is 1.29 bits per heavy atom. The zero-order valence-corrected chi connectivity index (χ0v) is 12.2. The molecular weight excluding hydrogens is 287 g/mol. The van der Waals surface area contributed by atoms with Gasteiger partial charge in [0, 0.05) is 31.7 Å². The molecular formula is C11H23IN2. The largest absolute Gasteiger partial charge is 0.298 e. The average molecular weight is 310 g/mol. The first-order chi connectivity index (χ1) is 6.32. The molecule has 1 fully saturated rings. The van der Waals surface area contributed by atoms with Crippen LogP contribution in [0.15, 0.2) is 0 Å². The third kappa shape index (κ3) is 3.07. The zero-order valence-electron chi connectivity index (χ0n) is 10.0. The Labute approximate surface area is 102 Å². The van der Waals surface area contributed by atoms with E-state index in [1.807, 2.05) is 0 Å². The molecule has 1 heterocycles. The summed E-state index contributed by atoms with van der Waals surface area (Å²) < 4.78 is 0.292. The van der Waals surface area contributed by atoms with Crippen molar-refractivity contribution in [2.75, 3.05) is 19.6 Å². The minimum Gasteiger partial charge on any atom is -0.298 e. The summed E-state index contributed by atoms with van der Waals surface area (Å²) in [6.07, 6.45) is 0. The molecule has 0 saturated carbocycles. The molecule has 0 aliphatic carbocycles. The molecule has 14 heavy (non-hydrogen) atoms. The smallest absolute Gasteiger partial charge is 0.0676 e. The van der Waals surface area contributed by atoms with Crippen LogP contribution in [0.2, 0.25) is 0 Å². The van der Waals surface area contributed by atoms with Gasteiger partial charge in [0.15, 0.2) is 0 Å². The lowest BCUT2D eigenvalue weighted by Gasteiger charge is -2.46. The van der Waals surface area contributed by atoms with Crippen LogP contribution in [0.25, 0.3) is 0 Å². The minimum atomic E-state index is 0.292. The minimum absolute atomic E-state index is 0.292. The molecule has 1 saturated heterocycles. The van der Waals surface area contributed by atoms with Gasteiger partial charge >= 0.3 is 0 Å². The van der Waals surface area contributed by atoms with Crippen molar-refractivity contribution in [3.05, 3.63) is 0 Å². The molecule has 0 aromatic rings. The van der Waals surface area contributed by atoms with Crippen LogP contribution < -0.4 is 0 Å². The Hall–Kier alpha value is 0.650. The van der Waals surface area contributed by atoms with E-state index >= 15 is 0 Å². The molecule has 84 valence electrons. The van der Waals surface area contributed by atoms with E-state index < -0.39 is 0 Å². The number of hydrogen-bond acceptors (Lipinski definition) is 2. The Balaban J connectivity index is 2.56. The van der Waals surface area contributed by atoms with Crippen molar-refractivity contribution in [2.24, 2.45) is 0 Å². The van der Waals surface area contributed by atoms with E-state index in [1.54, 1.807) is 0 Å². The van der Waals surface area contributed by atoms with E-state index in [0.717, 1.165) is 0 Å². The molecule has 1 rings (SSSR count). The maximum Gasteiger partial charge on any atom is 0.0676 e. The van der Waals surface area contributed by atoms with Gasteiger partial charge in [-0.05, 0) is 34.6 Å². The van der Waals surface area contributed by atoms with Crippen LogP contribution in [-0.2, 0) is 0 Å². The molecule has 3 heteroatoms. The fourth-order valence-electron chi connectivity index (χ4n) is 2.24. The van der Waals surface area contributed by atoms with Crippen LogP contribution in [0.4, 0.5) is 0 Å². The fraction of sp³-hybridized carbons (Fsp3) is 1.00. The van der Waals surface area contributed by atoms with Gasteiger partial charge in [0.05, 0.1) is 3.55 Å². The lowest BCUT2D eigenvalue weighted by atomic mass is 10.1. The Morgan fingerprint density at radius 3 is 2.21 bits per heavy atom. The van der Waals surface area contributed by atoms with Crippen LogP contribution in [0.3, 0.4) is 0 Å². The summed E-state index contributed by atoms with van der Waals surface area (Å²) in [7, 11) is 0. The van der Waals surface area contributed by atoms with Gasteiger partial charge in [0.25, 0.3) is 0 Å². The molecule has 0 bridgehead atoms. The van der Waals surface area contributed by atoms with E-state index in [2.05, 4.69) is 67.0 Å². The van der Waals surface area contributed by atoms with Gasteiger partial charge in [-0.1, -0.05) is 22.6 Å². The van der Waals surface area contributed by atoms with Crippen LogP contribution in [0, 0.1) is 0 Å². The Kier molecular flexibility index (Phi) is 4.23. The lowest BCUT2D eigenvalue weighted by molar-refractivity contribution is 0.0394. The van der Waals surface area contributed by atoms with Crippen molar-refractivity contribution >= 4 is 22.6 Å². The van der Waals surface area contributed by atoms with Gasteiger partial charge in [0.1, 0.15) is 0 Å². The van der Waals surface area contributed by atoms with Gasteiger partial charge in [-0.3, -0.25) is 9.80 Å². The third-order valence-corrected chi connectivity index (χ3v) is 3.69. The molecule has 0 unspecified atom stereocenters. The first kappa shape index (κ1) is 12.7. The van der Waals surface area contributed by atoms with Crippen molar-refractivity contribution in [3.8, 4) is 0 Å². The van der Waals surface area contributed by atoms with E-state index in [4.69, 9.17) is 0 Å². The number of rotatable bonds is 2. The van der Waals surface area contributed by atoms with Crippen molar-refractivity contribution in [1.82, 2.24) is 9.80 Å². The van der Waals surface area contributed by atoms with E-state index in [1.165, 1.54) is 19.6 Å². The number of nitrogens with zero attached hydrogens (tertiary/aromatic N) is 2. The molecule has 1 atom stereocenters. The normalized spacial score (nSPS) is 27.2. The number of piperazine rings is 1. The highest BCUT2D eigenvalue weighted by Gasteiger charge is 2.32. The molecule has 2 nitrogen and oxygen atoms in total. The van der Waals surface area contributed by atoms with Gasteiger partial charge in [-0.25, -0.2) is 0 Å². The van der Waals surface area contributed by atoms with E-state index in [0.29, 0.717) is 15.6 Å². The first-order valence-electron chi connectivity index (χ1n) is 5.52. The van der Waals surface area contributed by atoms with E-state index in [9.17, 15) is 0 Å². The maximum atomic E-state index is 2.60. The van der Waals surface area contributed by atoms with Crippen molar-refractivity contribution < 1.29 is 0 Å². The van der Waals surface area contributed by atoms with Crippen LogP contribution >= 0.6 is 22.6 Å². The molecule has 1 aliphatic rings. The Bertz CT molecular complexity index is 186. The third-order valence-electron chi connectivity index (χ3n) is 3.07. The van der Waals surface area contributed by atoms with Gasteiger partial charge in [-0.2, -0.15) is 0 Å². The summed E-state index contributed by atoms with van der Waals surface area (Å²) in [6, 6.07) is 1.37.